The van der Waals surface area contributed by atoms with E-state index in [2.05, 4.69) is 21.7 Å². The number of hydrogen-bond acceptors (Lipinski definition) is 5. The fourth-order valence-electron chi connectivity index (χ4n) is 3.96. The first-order valence-electron chi connectivity index (χ1n) is 10.3. The van der Waals surface area contributed by atoms with Crippen molar-refractivity contribution in [1.82, 2.24) is 19.9 Å². The van der Waals surface area contributed by atoms with Crippen LogP contribution >= 0.6 is 0 Å². The highest BCUT2D eigenvalue weighted by Gasteiger charge is 2.20. The minimum atomic E-state index is -0.174. The molecule has 2 amide bonds. The van der Waals surface area contributed by atoms with E-state index in [4.69, 9.17) is 9.72 Å². The molecule has 8 heteroatoms. The lowest BCUT2D eigenvalue weighted by Crippen LogP contribution is -2.19. The van der Waals surface area contributed by atoms with E-state index in [0.717, 1.165) is 22.5 Å². The molecule has 3 heterocycles. The predicted molar refractivity (Wildman–Crippen MR) is 121 cm³/mol. The van der Waals surface area contributed by atoms with Gasteiger partial charge in [-0.05, 0) is 54.4 Å². The Morgan fingerprint density at radius 1 is 1.09 bits per heavy atom. The number of rotatable bonds is 4. The molecule has 0 bridgehead atoms. The van der Waals surface area contributed by atoms with Crippen LogP contribution in [0.3, 0.4) is 0 Å². The third kappa shape index (κ3) is 3.35. The van der Waals surface area contributed by atoms with Gasteiger partial charge in [-0.15, -0.1) is 0 Å². The number of nitrogens with one attached hydrogen (secondary N) is 2. The maximum atomic E-state index is 12.2. The molecule has 0 saturated carbocycles. The number of aryl methyl sites for hydroxylation is 1. The second kappa shape index (κ2) is 7.81. The van der Waals surface area contributed by atoms with E-state index in [1.54, 1.807) is 32.4 Å². The van der Waals surface area contributed by atoms with Crippen LogP contribution in [-0.2, 0) is 11.2 Å². The Bertz CT molecular complexity index is 1380. The molecule has 160 valence electrons. The summed E-state index contributed by atoms with van der Waals surface area (Å²) in [7, 11) is 3.17. The molecule has 0 unspecified atom stereocenters. The van der Waals surface area contributed by atoms with Crippen LogP contribution in [0.1, 0.15) is 22.3 Å². The number of aromatic nitrogens is 3. The third-order valence-electron chi connectivity index (χ3n) is 5.55. The lowest BCUT2D eigenvalue weighted by Gasteiger charge is -2.18. The molecule has 0 aliphatic carbocycles. The molecule has 2 aromatic heterocycles. The van der Waals surface area contributed by atoms with Gasteiger partial charge in [0.25, 0.3) is 5.91 Å². The smallest absolute Gasteiger partial charge is 0.251 e. The van der Waals surface area contributed by atoms with E-state index in [1.807, 2.05) is 34.9 Å². The second-order valence-electron chi connectivity index (χ2n) is 7.51. The van der Waals surface area contributed by atoms with Crippen molar-refractivity contribution < 1.29 is 14.3 Å². The molecule has 0 spiro atoms. The molecule has 1 aliphatic heterocycles. The van der Waals surface area contributed by atoms with E-state index >= 15 is 0 Å². The lowest BCUT2D eigenvalue weighted by molar-refractivity contribution is -0.116. The van der Waals surface area contributed by atoms with Crippen molar-refractivity contribution >= 4 is 28.5 Å². The molecule has 32 heavy (non-hydrogen) atoms. The Hall–Kier alpha value is -4.20. The monoisotopic (exact) mass is 427 g/mol. The van der Waals surface area contributed by atoms with Gasteiger partial charge in [0.1, 0.15) is 5.69 Å². The first kappa shape index (κ1) is 19.7. The molecular formula is C24H21N5O3. The molecule has 0 fully saturated rings. The van der Waals surface area contributed by atoms with Crippen LogP contribution in [0, 0.1) is 0 Å². The largest absolute Gasteiger partial charge is 0.481 e. The van der Waals surface area contributed by atoms with Gasteiger partial charge in [0.15, 0.2) is 5.82 Å². The molecule has 2 aromatic carbocycles. The fraction of sp³-hybridized carbons (Fsp3) is 0.167. The van der Waals surface area contributed by atoms with Crippen LogP contribution in [-0.4, -0.2) is 40.5 Å². The summed E-state index contributed by atoms with van der Waals surface area (Å²) >= 11 is 0. The van der Waals surface area contributed by atoms with Crippen molar-refractivity contribution in [2.24, 2.45) is 0 Å². The summed E-state index contributed by atoms with van der Waals surface area (Å²) < 4.78 is 7.32. The van der Waals surface area contributed by atoms with Crippen molar-refractivity contribution in [2.75, 3.05) is 19.5 Å². The van der Waals surface area contributed by atoms with Gasteiger partial charge >= 0.3 is 0 Å². The van der Waals surface area contributed by atoms with Gasteiger partial charge in [0.05, 0.1) is 18.1 Å². The van der Waals surface area contributed by atoms with Gasteiger partial charge in [0, 0.05) is 36.5 Å². The first-order chi connectivity index (χ1) is 15.6. The van der Waals surface area contributed by atoms with E-state index in [1.165, 1.54) is 0 Å². The summed E-state index contributed by atoms with van der Waals surface area (Å²) in [5.41, 5.74) is 5.49. The van der Waals surface area contributed by atoms with Gasteiger partial charge < -0.3 is 15.4 Å². The summed E-state index contributed by atoms with van der Waals surface area (Å²) in [6, 6.07) is 16.9. The van der Waals surface area contributed by atoms with Gasteiger partial charge in [-0.3, -0.25) is 14.2 Å². The average molecular weight is 427 g/mol. The minimum Gasteiger partial charge on any atom is -0.481 e. The van der Waals surface area contributed by atoms with Crippen LogP contribution in [0.25, 0.3) is 28.2 Å². The van der Waals surface area contributed by atoms with Gasteiger partial charge in [-0.1, -0.05) is 6.07 Å². The van der Waals surface area contributed by atoms with Gasteiger partial charge in [0.2, 0.25) is 11.8 Å². The van der Waals surface area contributed by atoms with Crippen molar-refractivity contribution in [3.05, 3.63) is 65.7 Å². The second-order valence-corrected chi connectivity index (χ2v) is 7.51. The summed E-state index contributed by atoms with van der Waals surface area (Å²) in [4.78, 5) is 33.3. The quantitative estimate of drug-likeness (QED) is 0.521. The SMILES string of the molecule is CNC(=O)c1ccc2c(c1)nc(-c1cccc(OC)n1)n2-c1ccc2c(c1)CCC(=O)N2. The number of nitrogens with zero attached hydrogens (tertiary/aromatic N) is 3. The molecule has 8 nitrogen and oxygen atoms in total. The third-order valence-corrected chi connectivity index (χ3v) is 5.55. The molecule has 0 radical (unpaired) electrons. The normalized spacial score (nSPS) is 12.9. The Morgan fingerprint density at radius 2 is 1.97 bits per heavy atom. The highest BCUT2D eigenvalue weighted by atomic mass is 16.5. The fourth-order valence-corrected chi connectivity index (χ4v) is 3.96. The van der Waals surface area contributed by atoms with Crippen LogP contribution in [0.2, 0.25) is 0 Å². The van der Waals surface area contributed by atoms with Crippen LogP contribution in [0.5, 0.6) is 5.88 Å². The number of fused-ring (bicyclic) bond motifs is 2. The molecule has 2 N–H and O–H groups in total. The topological polar surface area (TPSA) is 98.1 Å². The number of pyridine rings is 1. The lowest BCUT2D eigenvalue weighted by atomic mass is 10.0. The Kier molecular flexibility index (Phi) is 4.82. The van der Waals surface area contributed by atoms with Crippen molar-refractivity contribution in [2.45, 2.75) is 12.8 Å². The zero-order valence-electron chi connectivity index (χ0n) is 17.7. The van der Waals surface area contributed by atoms with Crippen LogP contribution in [0.15, 0.2) is 54.6 Å². The van der Waals surface area contributed by atoms with Gasteiger partial charge in [-0.25, -0.2) is 9.97 Å². The number of methoxy groups -OCH3 is 1. The molecule has 0 atom stereocenters. The van der Waals surface area contributed by atoms with Crippen molar-refractivity contribution in [1.29, 1.82) is 0 Å². The minimum absolute atomic E-state index is 0.0290. The molecule has 0 saturated heterocycles. The van der Waals surface area contributed by atoms with Crippen LogP contribution in [0.4, 0.5) is 5.69 Å². The molecule has 4 aromatic rings. The number of hydrogen-bond donors (Lipinski definition) is 2. The Balaban J connectivity index is 1.74. The number of amides is 2. The van der Waals surface area contributed by atoms with Crippen molar-refractivity contribution in [3.63, 3.8) is 0 Å². The Morgan fingerprint density at radius 3 is 2.78 bits per heavy atom. The maximum Gasteiger partial charge on any atom is 0.251 e. The number of carbonyl (C=O) groups is 2. The van der Waals surface area contributed by atoms with E-state index in [9.17, 15) is 9.59 Å². The summed E-state index contributed by atoms with van der Waals surface area (Å²) in [5, 5.41) is 5.57. The number of carbonyl (C=O) groups excluding carboxylic acids is 2. The Labute approximate surface area is 184 Å². The number of benzene rings is 2. The average Bonchev–Trinajstić information content (AvgIpc) is 3.22. The highest BCUT2D eigenvalue weighted by molar-refractivity contribution is 5.98. The first-order valence-corrected chi connectivity index (χ1v) is 10.3. The zero-order valence-corrected chi connectivity index (χ0v) is 17.7. The highest BCUT2D eigenvalue weighted by Crippen LogP contribution is 2.32. The number of ether oxygens (including phenoxy) is 1. The number of anilines is 1. The molecule has 5 rings (SSSR count). The zero-order chi connectivity index (χ0) is 22.2. The summed E-state index contributed by atoms with van der Waals surface area (Å²) in [5.74, 6) is 0.974. The summed E-state index contributed by atoms with van der Waals surface area (Å²) in [6.45, 7) is 0. The van der Waals surface area contributed by atoms with E-state index < -0.39 is 0 Å². The van der Waals surface area contributed by atoms with Crippen molar-refractivity contribution in [3.8, 4) is 23.1 Å². The van der Waals surface area contributed by atoms with Gasteiger partial charge in [-0.2, -0.15) is 0 Å². The summed E-state index contributed by atoms with van der Waals surface area (Å²) in [6.07, 6.45) is 1.14. The standard InChI is InChI=1S/C24H21N5O3/c1-25-24(31)15-6-10-20-19(13-15)28-23(18-4-3-5-22(27-18)32-2)29(20)16-8-9-17-14(12-16)7-11-21(30)26-17/h3-6,8-10,12-13H,7,11H2,1-2H3,(H,25,31)(H,26,30). The number of imidazole rings is 1. The predicted octanol–water partition coefficient (Wildman–Crippen LogP) is 3.34. The van der Waals surface area contributed by atoms with Crippen LogP contribution < -0.4 is 15.4 Å². The van der Waals surface area contributed by atoms with E-state index in [-0.39, 0.29) is 11.8 Å². The molecule has 1 aliphatic rings. The molecular weight excluding hydrogens is 406 g/mol. The van der Waals surface area contributed by atoms with E-state index in [0.29, 0.717) is 41.3 Å². The maximum absolute atomic E-state index is 12.2.